The number of hydrogen-bond acceptors (Lipinski definition) is 4. The Balaban J connectivity index is 1.31. The van der Waals surface area contributed by atoms with Crippen LogP contribution in [0.4, 0.5) is 0 Å². The van der Waals surface area contributed by atoms with Crippen molar-refractivity contribution in [3.05, 3.63) is 71.3 Å². The van der Waals surface area contributed by atoms with Crippen LogP contribution >= 0.6 is 11.6 Å². The fourth-order valence-electron chi connectivity index (χ4n) is 4.08. The molecule has 2 aromatic carbocycles. The quantitative estimate of drug-likeness (QED) is 0.560. The van der Waals surface area contributed by atoms with E-state index in [9.17, 15) is 4.79 Å². The molecule has 160 valence electrons. The molecule has 7 heteroatoms. The lowest BCUT2D eigenvalue weighted by molar-refractivity contribution is 0.0621. The van der Waals surface area contributed by atoms with E-state index in [2.05, 4.69) is 10.1 Å². The van der Waals surface area contributed by atoms with Gasteiger partial charge in [-0.15, -0.1) is 5.10 Å². The summed E-state index contributed by atoms with van der Waals surface area (Å²) in [7, 11) is 0. The molecule has 1 aliphatic heterocycles. The number of halogens is 1. The van der Waals surface area contributed by atoms with Gasteiger partial charge < -0.3 is 9.64 Å². The first-order chi connectivity index (χ1) is 15.2. The second kappa shape index (κ2) is 8.71. The van der Waals surface area contributed by atoms with E-state index in [4.69, 9.17) is 16.3 Å². The van der Waals surface area contributed by atoms with Gasteiger partial charge in [0.1, 0.15) is 11.6 Å². The standard InChI is InChI=1S/C24H25ClN4O2/c25-20-10-4-5-11-21(20)29-23(18-12-13-18)26-22(27-29)24(30)28-14-6-7-17(15-28)16-31-19-8-2-1-3-9-19/h1-5,8-11,17-18H,6-7,12-16H2. The van der Waals surface area contributed by atoms with Gasteiger partial charge in [0, 0.05) is 24.9 Å². The first-order valence-corrected chi connectivity index (χ1v) is 11.3. The predicted molar refractivity (Wildman–Crippen MR) is 119 cm³/mol. The SMILES string of the molecule is O=C(c1nc(C2CC2)n(-c2ccccc2Cl)n1)N1CCCC(COc2ccccc2)C1. The minimum absolute atomic E-state index is 0.114. The van der Waals surface area contributed by atoms with Gasteiger partial charge in [0.2, 0.25) is 5.82 Å². The Morgan fingerprint density at radius 2 is 1.84 bits per heavy atom. The third-order valence-electron chi connectivity index (χ3n) is 5.88. The van der Waals surface area contributed by atoms with E-state index in [-0.39, 0.29) is 11.7 Å². The number of carbonyl (C=O) groups is 1. The van der Waals surface area contributed by atoms with Crippen LogP contribution < -0.4 is 4.74 Å². The van der Waals surface area contributed by atoms with Crippen molar-refractivity contribution < 1.29 is 9.53 Å². The minimum Gasteiger partial charge on any atom is -0.493 e. The molecule has 5 rings (SSSR count). The molecule has 0 radical (unpaired) electrons. The summed E-state index contributed by atoms with van der Waals surface area (Å²) in [5, 5.41) is 5.20. The maximum Gasteiger partial charge on any atom is 0.293 e. The zero-order chi connectivity index (χ0) is 21.2. The summed E-state index contributed by atoms with van der Waals surface area (Å²) in [4.78, 5) is 19.8. The Labute approximate surface area is 186 Å². The van der Waals surface area contributed by atoms with E-state index in [0.717, 1.165) is 49.5 Å². The molecule has 0 bridgehead atoms. The molecule has 1 aliphatic carbocycles. The van der Waals surface area contributed by atoms with E-state index in [0.29, 0.717) is 30.0 Å². The number of carbonyl (C=O) groups excluding carboxylic acids is 1. The molecule has 6 nitrogen and oxygen atoms in total. The van der Waals surface area contributed by atoms with Crippen molar-refractivity contribution in [3.8, 4) is 11.4 Å². The number of likely N-dealkylation sites (tertiary alicyclic amines) is 1. The number of ether oxygens (including phenoxy) is 1. The van der Waals surface area contributed by atoms with Gasteiger partial charge in [0.05, 0.1) is 17.3 Å². The summed E-state index contributed by atoms with van der Waals surface area (Å²) >= 11 is 6.40. The number of aromatic nitrogens is 3. The van der Waals surface area contributed by atoms with Gasteiger partial charge in [0.25, 0.3) is 5.91 Å². The second-order valence-corrected chi connectivity index (χ2v) is 8.72. The number of rotatable bonds is 6. The van der Waals surface area contributed by atoms with Crippen LogP contribution in [0.1, 0.15) is 48.0 Å². The number of piperidine rings is 1. The van der Waals surface area contributed by atoms with Crippen LogP contribution in [0.15, 0.2) is 54.6 Å². The summed E-state index contributed by atoms with van der Waals surface area (Å²) < 4.78 is 7.68. The van der Waals surface area contributed by atoms with Gasteiger partial charge in [-0.1, -0.05) is 41.9 Å². The van der Waals surface area contributed by atoms with Gasteiger partial charge >= 0.3 is 0 Å². The summed E-state index contributed by atoms with van der Waals surface area (Å²) in [6.45, 7) is 1.98. The van der Waals surface area contributed by atoms with Crippen LogP contribution in [-0.2, 0) is 0 Å². The van der Waals surface area contributed by atoms with Crippen LogP contribution in [0.2, 0.25) is 5.02 Å². The highest BCUT2D eigenvalue weighted by atomic mass is 35.5. The molecule has 2 aliphatic rings. The molecule has 1 unspecified atom stereocenters. The molecular weight excluding hydrogens is 412 g/mol. The number of nitrogens with zero attached hydrogens (tertiary/aromatic N) is 4. The van der Waals surface area contributed by atoms with E-state index in [1.807, 2.05) is 59.5 Å². The second-order valence-electron chi connectivity index (χ2n) is 8.31. The Morgan fingerprint density at radius 3 is 2.61 bits per heavy atom. The number of benzene rings is 2. The maximum atomic E-state index is 13.3. The summed E-state index contributed by atoms with van der Waals surface area (Å²) in [6.07, 6.45) is 4.14. The highest BCUT2D eigenvalue weighted by Gasteiger charge is 2.34. The van der Waals surface area contributed by atoms with E-state index in [1.54, 1.807) is 4.68 Å². The van der Waals surface area contributed by atoms with Crippen LogP contribution in [0.3, 0.4) is 0 Å². The van der Waals surface area contributed by atoms with Gasteiger partial charge in [-0.3, -0.25) is 4.79 Å². The van der Waals surface area contributed by atoms with Crippen LogP contribution in [-0.4, -0.2) is 45.3 Å². The summed E-state index contributed by atoms with van der Waals surface area (Å²) in [5.41, 5.74) is 0.769. The highest BCUT2D eigenvalue weighted by molar-refractivity contribution is 6.32. The van der Waals surface area contributed by atoms with Crippen LogP contribution in [0, 0.1) is 5.92 Å². The van der Waals surface area contributed by atoms with Gasteiger partial charge in [-0.05, 0) is 49.9 Å². The normalized spacial score (nSPS) is 18.7. The van der Waals surface area contributed by atoms with Crippen molar-refractivity contribution in [3.63, 3.8) is 0 Å². The maximum absolute atomic E-state index is 13.3. The van der Waals surface area contributed by atoms with E-state index < -0.39 is 0 Å². The zero-order valence-corrected chi connectivity index (χ0v) is 18.0. The lowest BCUT2D eigenvalue weighted by atomic mass is 9.99. The van der Waals surface area contributed by atoms with Crippen molar-refractivity contribution in [2.75, 3.05) is 19.7 Å². The first-order valence-electron chi connectivity index (χ1n) is 10.9. The molecule has 0 N–H and O–H groups in total. The van der Waals surface area contributed by atoms with Crippen LogP contribution in [0.5, 0.6) is 5.75 Å². The Morgan fingerprint density at radius 1 is 1.06 bits per heavy atom. The monoisotopic (exact) mass is 436 g/mol. The van der Waals surface area contributed by atoms with Gasteiger partial charge in [0.15, 0.2) is 0 Å². The number of hydrogen-bond donors (Lipinski definition) is 0. The van der Waals surface area contributed by atoms with Crippen molar-refractivity contribution in [1.29, 1.82) is 0 Å². The van der Waals surface area contributed by atoms with Crippen LogP contribution in [0.25, 0.3) is 5.69 Å². The Hall–Kier alpha value is -2.86. The summed E-state index contributed by atoms with van der Waals surface area (Å²) in [6, 6.07) is 17.4. The molecule has 3 aromatic rings. The average molecular weight is 437 g/mol. The van der Waals surface area contributed by atoms with Crippen molar-refractivity contribution in [2.45, 2.75) is 31.6 Å². The largest absolute Gasteiger partial charge is 0.493 e. The molecule has 1 saturated heterocycles. The van der Waals surface area contributed by atoms with E-state index >= 15 is 0 Å². The lowest BCUT2D eigenvalue weighted by Gasteiger charge is -2.31. The first kappa shape index (κ1) is 20.1. The number of amides is 1. The smallest absolute Gasteiger partial charge is 0.293 e. The van der Waals surface area contributed by atoms with Crippen molar-refractivity contribution in [1.82, 2.24) is 19.7 Å². The molecule has 1 saturated carbocycles. The molecule has 0 spiro atoms. The number of para-hydroxylation sites is 2. The molecule has 1 aromatic heterocycles. The van der Waals surface area contributed by atoms with E-state index in [1.165, 1.54) is 0 Å². The molecule has 31 heavy (non-hydrogen) atoms. The molecule has 2 heterocycles. The zero-order valence-electron chi connectivity index (χ0n) is 17.3. The topological polar surface area (TPSA) is 60.2 Å². The van der Waals surface area contributed by atoms with Crippen molar-refractivity contribution in [2.24, 2.45) is 5.92 Å². The molecule has 2 fully saturated rings. The average Bonchev–Trinajstić information content (AvgIpc) is 3.57. The fourth-order valence-corrected chi connectivity index (χ4v) is 4.29. The molecular formula is C24H25ClN4O2. The third kappa shape index (κ3) is 4.44. The predicted octanol–water partition coefficient (Wildman–Crippen LogP) is 4.73. The highest BCUT2D eigenvalue weighted by Crippen LogP contribution is 2.40. The minimum atomic E-state index is -0.114. The van der Waals surface area contributed by atoms with Gasteiger partial charge in [-0.2, -0.15) is 0 Å². The van der Waals surface area contributed by atoms with Crippen molar-refractivity contribution >= 4 is 17.5 Å². The molecule has 1 atom stereocenters. The lowest BCUT2D eigenvalue weighted by Crippen LogP contribution is -2.42. The Kier molecular flexibility index (Phi) is 5.64. The third-order valence-corrected chi connectivity index (χ3v) is 6.20. The fraction of sp³-hybridized carbons (Fsp3) is 0.375. The summed E-state index contributed by atoms with van der Waals surface area (Å²) in [5.74, 6) is 2.48. The van der Waals surface area contributed by atoms with Gasteiger partial charge in [-0.25, -0.2) is 9.67 Å². The Bertz CT molecular complexity index is 1060. The molecule has 1 amide bonds.